The lowest BCUT2D eigenvalue weighted by Crippen LogP contribution is -2.89. The fourth-order valence-electron chi connectivity index (χ4n) is 4.03. The van der Waals surface area contributed by atoms with Gasteiger partial charge in [-0.05, 0) is 47.9 Å². The molecule has 5 heteroatoms. The summed E-state index contributed by atoms with van der Waals surface area (Å²) in [6.07, 6.45) is 3.05. The molecule has 0 saturated carbocycles. The van der Waals surface area contributed by atoms with Crippen molar-refractivity contribution in [3.8, 4) is 17.2 Å². The number of phenolic OH excluding ortho intramolecular Hbond substituents is 1. The average Bonchev–Trinajstić information content (AvgIpc) is 2.83. The highest BCUT2D eigenvalue weighted by atomic mass is 16.5. The van der Waals surface area contributed by atoms with Gasteiger partial charge in [-0.1, -0.05) is 43.3 Å². The van der Waals surface area contributed by atoms with E-state index in [0.717, 1.165) is 40.3 Å². The van der Waals surface area contributed by atoms with Gasteiger partial charge in [-0.25, -0.2) is 0 Å². The largest absolute Gasteiger partial charge is 0.507 e. The van der Waals surface area contributed by atoms with Crippen molar-refractivity contribution in [1.82, 2.24) is 5.32 Å². The first kappa shape index (κ1) is 20.8. The Hall–Kier alpha value is -3.44. The van der Waals surface area contributed by atoms with Crippen molar-refractivity contribution < 1.29 is 19.9 Å². The van der Waals surface area contributed by atoms with Crippen LogP contribution in [0, 0.1) is 0 Å². The summed E-state index contributed by atoms with van der Waals surface area (Å²) in [6.45, 7) is 2.15. The zero-order valence-electron chi connectivity index (χ0n) is 18.1. The minimum atomic E-state index is -0.125. The fraction of sp³-hybridized carbons (Fsp3) is 0.231. The highest BCUT2D eigenvalue weighted by molar-refractivity contribution is 5.66. The number of aryl methyl sites for hydroxylation is 1. The van der Waals surface area contributed by atoms with Crippen LogP contribution >= 0.6 is 0 Å². The van der Waals surface area contributed by atoms with E-state index in [9.17, 15) is 5.11 Å². The number of rotatable bonds is 6. The van der Waals surface area contributed by atoms with Crippen LogP contribution in [-0.2, 0) is 6.42 Å². The van der Waals surface area contributed by atoms with E-state index in [1.54, 1.807) is 20.3 Å². The Morgan fingerprint density at radius 3 is 2.39 bits per heavy atom. The second-order valence-corrected chi connectivity index (χ2v) is 7.64. The molecule has 0 amide bonds. The Bertz CT molecular complexity index is 1080. The van der Waals surface area contributed by atoms with E-state index in [-0.39, 0.29) is 12.2 Å². The maximum Gasteiger partial charge on any atom is 0.190 e. The number of hydrogen-bond acceptors (Lipinski definition) is 4. The molecule has 3 aromatic carbocycles. The summed E-state index contributed by atoms with van der Waals surface area (Å²) in [5.41, 5.74) is 5.29. The predicted molar refractivity (Wildman–Crippen MR) is 122 cm³/mol. The summed E-state index contributed by atoms with van der Waals surface area (Å²) in [6, 6.07) is 21.9. The number of hydrogen-bond donors (Lipinski definition) is 3. The quantitative estimate of drug-likeness (QED) is 0.569. The van der Waals surface area contributed by atoms with Gasteiger partial charge in [0.05, 0.1) is 25.3 Å². The van der Waals surface area contributed by atoms with Crippen molar-refractivity contribution in [3.63, 3.8) is 0 Å². The molecular weight excluding hydrogens is 388 g/mol. The number of phenols is 1. The summed E-state index contributed by atoms with van der Waals surface area (Å²) < 4.78 is 11.1. The molecule has 1 heterocycles. The summed E-state index contributed by atoms with van der Waals surface area (Å²) in [7, 11) is 3.34. The topological polar surface area (TPSA) is 67.3 Å². The molecule has 4 rings (SSSR count). The van der Waals surface area contributed by atoms with E-state index in [4.69, 9.17) is 9.47 Å². The van der Waals surface area contributed by atoms with Crippen LogP contribution in [0.3, 0.4) is 0 Å². The van der Waals surface area contributed by atoms with Gasteiger partial charge in [-0.3, -0.25) is 0 Å². The molecule has 2 atom stereocenters. The third-order valence-corrected chi connectivity index (χ3v) is 5.80. The molecule has 31 heavy (non-hydrogen) atoms. The lowest BCUT2D eigenvalue weighted by Gasteiger charge is -2.31. The Morgan fingerprint density at radius 1 is 0.935 bits per heavy atom. The summed E-state index contributed by atoms with van der Waals surface area (Å²) in [4.78, 5) is 0. The van der Waals surface area contributed by atoms with Crippen molar-refractivity contribution >= 4 is 5.70 Å². The molecule has 160 valence electrons. The number of quaternary nitrogens is 1. The minimum Gasteiger partial charge on any atom is -0.507 e. The highest BCUT2D eigenvalue weighted by Gasteiger charge is 2.31. The van der Waals surface area contributed by atoms with Gasteiger partial charge in [-0.2, -0.15) is 0 Å². The number of nitrogens with two attached hydrogens (primary N) is 1. The van der Waals surface area contributed by atoms with E-state index in [1.807, 2.05) is 36.4 Å². The molecule has 4 N–H and O–H groups in total. The number of benzene rings is 3. The Kier molecular flexibility index (Phi) is 6.14. The van der Waals surface area contributed by atoms with E-state index >= 15 is 0 Å². The monoisotopic (exact) mass is 417 g/mol. The second kappa shape index (κ2) is 9.14. The van der Waals surface area contributed by atoms with Gasteiger partial charge in [0.1, 0.15) is 23.3 Å². The summed E-state index contributed by atoms with van der Waals surface area (Å²) in [5.74, 6) is 1.85. The number of nitrogens with one attached hydrogen (secondary N) is 1. The summed E-state index contributed by atoms with van der Waals surface area (Å²) >= 11 is 0. The van der Waals surface area contributed by atoms with E-state index in [2.05, 4.69) is 47.9 Å². The zero-order valence-corrected chi connectivity index (χ0v) is 18.1. The smallest absolute Gasteiger partial charge is 0.190 e. The van der Waals surface area contributed by atoms with E-state index in [1.165, 1.54) is 5.56 Å². The number of para-hydroxylation sites is 1. The van der Waals surface area contributed by atoms with Crippen molar-refractivity contribution in [1.29, 1.82) is 0 Å². The van der Waals surface area contributed by atoms with Gasteiger partial charge in [-0.15, -0.1) is 0 Å². The molecule has 1 aliphatic rings. The average molecular weight is 418 g/mol. The first-order valence-corrected chi connectivity index (χ1v) is 10.6. The van der Waals surface area contributed by atoms with Crippen LogP contribution in [0.4, 0.5) is 0 Å². The highest BCUT2D eigenvalue weighted by Crippen LogP contribution is 2.33. The van der Waals surface area contributed by atoms with Crippen molar-refractivity contribution in [3.05, 3.63) is 95.1 Å². The number of aromatic hydroxyl groups is 1. The Balaban J connectivity index is 1.78. The molecule has 0 aliphatic carbocycles. The van der Waals surface area contributed by atoms with Crippen LogP contribution in [-0.4, -0.2) is 19.3 Å². The van der Waals surface area contributed by atoms with Crippen LogP contribution in [0.25, 0.3) is 5.70 Å². The lowest BCUT2D eigenvalue weighted by molar-refractivity contribution is -0.731. The van der Waals surface area contributed by atoms with Crippen molar-refractivity contribution in [2.24, 2.45) is 0 Å². The molecule has 3 aromatic rings. The van der Waals surface area contributed by atoms with E-state index < -0.39 is 0 Å². The Morgan fingerprint density at radius 2 is 1.71 bits per heavy atom. The van der Waals surface area contributed by atoms with Crippen molar-refractivity contribution in [2.45, 2.75) is 25.6 Å². The summed E-state index contributed by atoms with van der Waals surface area (Å²) in [5, 5.41) is 16.4. The molecule has 0 bridgehead atoms. The maximum atomic E-state index is 10.5. The molecule has 1 aliphatic heterocycles. The van der Waals surface area contributed by atoms with Gasteiger partial charge in [0.15, 0.2) is 6.17 Å². The Labute approximate surface area is 183 Å². The van der Waals surface area contributed by atoms with Crippen LogP contribution in [0.5, 0.6) is 17.2 Å². The lowest BCUT2D eigenvalue weighted by atomic mass is 9.97. The molecule has 2 unspecified atom stereocenters. The van der Waals surface area contributed by atoms with Gasteiger partial charge in [0.25, 0.3) is 0 Å². The van der Waals surface area contributed by atoms with Crippen LogP contribution < -0.4 is 20.1 Å². The molecule has 5 nitrogen and oxygen atoms in total. The third kappa shape index (κ3) is 4.37. The van der Waals surface area contributed by atoms with Crippen LogP contribution in [0.15, 0.2) is 72.8 Å². The molecule has 0 fully saturated rings. The van der Waals surface area contributed by atoms with Gasteiger partial charge in [0, 0.05) is 11.8 Å². The first-order chi connectivity index (χ1) is 15.1. The second-order valence-electron chi connectivity index (χ2n) is 7.64. The third-order valence-electron chi connectivity index (χ3n) is 5.80. The predicted octanol–water partition coefficient (Wildman–Crippen LogP) is 3.92. The van der Waals surface area contributed by atoms with Crippen LogP contribution in [0.2, 0.25) is 0 Å². The standard InChI is InChI=1S/C26H28N2O3/c1-4-17-9-11-18(12-10-17)22-16-23(20-7-5-6-8-24(20)29)28-26(27-22)21-15-19(30-2)13-14-25(21)31-3/h5-16,23,26-29H,4H2,1-3H3/p+1. The van der Waals surface area contributed by atoms with Crippen molar-refractivity contribution in [2.75, 3.05) is 14.2 Å². The van der Waals surface area contributed by atoms with Gasteiger partial charge in [0.2, 0.25) is 0 Å². The fourth-order valence-corrected chi connectivity index (χ4v) is 4.03. The normalized spacial score (nSPS) is 18.1. The zero-order chi connectivity index (χ0) is 21.8. The molecule has 0 spiro atoms. The number of ether oxygens (including phenoxy) is 2. The van der Waals surface area contributed by atoms with E-state index in [0.29, 0.717) is 5.75 Å². The first-order valence-electron chi connectivity index (χ1n) is 10.6. The molecular formula is C26H29N2O3+. The van der Waals surface area contributed by atoms with Gasteiger partial charge < -0.3 is 25.2 Å². The molecule has 0 saturated heterocycles. The maximum absolute atomic E-state index is 10.5. The molecule has 0 aromatic heterocycles. The van der Waals surface area contributed by atoms with Gasteiger partial charge >= 0.3 is 0 Å². The minimum absolute atomic E-state index is 0.0655. The number of methoxy groups -OCH3 is 2. The molecule has 0 radical (unpaired) electrons. The van der Waals surface area contributed by atoms with Crippen LogP contribution in [0.1, 0.15) is 41.4 Å². The SMILES string of the molecule is CCc1ccc(C2=CC(c3ccccc3O)[NH2+]C(c3cc(OC)ccc3OC)N2)cc1.